The van der Waals surface area contributed by atoms with Crippen molar-refractivity contribution in [3.63, 3.8) is 0 Å². The molecule has 0 radical (unpaired) electrons. The molecule has 0 aromatic carbocycles. The Morgan fingerprint density at radius 1 is 1.27 bits per heavy atom. The zero-order valence-electron chi connectivity index (χ0n) is 18.2. The summed E-state index contributed by atoms with van der Waals surface area (Å²) in [5.41, 5.74) is 5.47. The van der Waals surface area contributed by atoms with Gasteiger partial charge >= 0.3 is 0 Å². The van der Waals surface area contributed by atoms with Gasteiger partial charge in [0.05, 0.1) is 47.8 Å². The van der Waals surface area contributed by atoms with E-state index in [2.05, 4.69) is 21.6 Å². The molecule has 3 N–H and O–H groups in total. The summed E-state index contributed by atoms with van der Waals surface area (Å²) in [5, 5.41) is 20.9. The largest absolute Gasteiger partial charge is 0.375 e. The third-order valence-corrected chi connectivity index (χ3v) is 6.55. The standard InChI is InChI=1S/C22H23FN8O2/c1-21(23)12-30(20(33)22(11-24)3-4-22)10-17(21)28-18-15(19(25)32)7-27-31-9-13(5-16(18)31)14-6-26-29(2)8-14/h5-9,17,28H,3-4,10,12H2,1-2H3,(H2,25,32). The minimum absolute atomic E-state index is 0.0676. The summed E-state index contributed by atoms with van der Waals surface area (Å²) in [7, 11) is 1.81. The molecule has 1 aliphatic carbocycles. The lowest BCUT2D eigenvalue weighted by Gasteiger charge is -2.24. The maximum Gasteiger partial charge on any atom is 0.252 e. The first-order valence-corrected chi connectivity index (χ1v) is 10.6. The number of fused-ring (bicyclic) bond motifs is 1. The molecule has 2 unspecified atom stereocenters. The molecule has 11 heteroatoms. The summed E-state index contributed by atoms with van der Waals surface area (Å²) in [4.78, 5) is 26.4. The first-order valence-electron chi connectivity index (χ1n) is 10.6. The van der Waals surface area contributed by atoms with E-state index in [4.69, 9.17) is 5.73 Å². The van der Waals surface area contributed by atoms with Crippen LogP contribution in [0.4, 0.5) is 10.1 Å². The highest BCUT2D eigenvalue weighted by molar-refractivity contribution is 6.02. The van der Waals surface area contributed by atoms with Gasteiger partial charge in [0.25, 0.3) is 5.91 Å². The summed E-state index contributed by atoms with van der Waals surface area (Å²) in [6.45, 7) is 1.34. The van der Waals surface area contributed by atoms with Crippen LogP contribution in [0.5, 0.6) is 0 Å². The number of primary amides is 1. The van der Waals surface area contributed by atoms with E-state index >= 15 is 4.39 Å². The number of hydrogen-bond acceptors (Lipinski definition) is 6. The second-order valence-electron chi connectivity index (χ2n) is 9.11. The van der Waals surface area contributed by atoms with Crippen LogP contribution in [0.1, 0.15) is 30.1 Å². The molecule has 2 amide bonds. The van der Waals surface area contributed by atoms with Crippen LogP contribution in [0.25, 0.3) is 16.6 Å². The number of anilines is 1. The fourth-order valence-corrected chi connectivity index (χ4v) is 4.41. The van der Waals surface area contributed by atoms with Gasteiger partial charge in [-0.25, -0.2) is 8.91 Å². The number of carbonyl (C=O) groups is 2. The number of hydrogen-bond donors (Lipinski definition) is 2. The maximum absolute atomic E-state index is 15.6. The predicted molar refractivity (Wildman–Crippen MR) is 117 cm³/mol. The van der Waals surface area contributed by atoms with Gasteiger partial charge in [0.15, 0.2) is 0 Å². The molecule has 3 aromatic rings. The summed E-state index contributed by atoms with van der Waals surface area (Å²) >= 11 is 0. The number of alkyl halides is 1. The number of aromatic nitrogens is 4. The van der Waals surface area contributed by atoms with Crippen molar-refractivity contribution in [1.29, 1.82) is 5.26 Å². The molecule has 2 atom stereocenters. The van der Waals surface area contributed by atoms with E-state index in [-0.39, 0.29) is 24.6 Å². The monoisotopic (exact) mass is 450 g/mol. The number of aryl methyl sites for hydroxylation is 1. The molecular weight excluding hydrogens is 427 g/mol. The van der Waals surface area contributed by atoms with Crippen LogP contribution in [0.2, 0.25) is 0 Å². The van der Waals surface area contributed by atoms with Gasteiger partial charge in [-0.05, 0) is 25.8 Å². The van der Waals surface area contributed by atoms with E-state index in [1.807, 2.05) is 19.3 Å². The molecule has 33 heavy (non-hydrogen) atoms. The smallest absolute Gasteiger partial charge is 0.252 e. The van der Waals surface area contributed by atoms with E-state index in [9.17, 15) is 14.9 Å². The molecule has 1 saturated heterocycles. The van der Waals surface area contributed by atoms with Crippen LogP contribution in [-0.2, 0) is 11.8 Å². The molecule has 4 heterocycles. The first-order chi connectivity index (χ1) is 15.6. The number of amides is 2. The highest BCUT2D eigenvalue weighted by Crippen LogP contribution is 2.47. The van der Waals surface area contributed by atoms with Crippen molar-refractivity contribution in [2.75, 3.05) is 18.4 Å². The number of rotatable bonds is 5. The van der Waals surface area contributed by atoms with Gasteiger partial charge in [-0.2, -0.15) is 15.5 Å². The zero-order chi connectivity index (χ0) is 23.5. The van der Waals surface area contributed by atoms with Crippen LogP contribution in [0, 0.1) is 16.7 Å². The second-order valence-corrected chi connectivity index (χ2v) is 9.11. The van der Waals surface area contributed by atoms with Crippen LogP contribution in [-0.4, -0.2) is 60.9 Å². The Morgan fingerprint density at radius 2 is 2.03 bits per heavy atom. The van der Waals surface area contributed by atoms with Gasteiger partial charge < -0.3 is 16.0 Å². The molecule has 2 aliphatic rings. The number of nitrogens with one attached hydrogen (secondary N) is 1. The number of carbonyl (C=O) groups excluding carboxylic acids is 2. The Bertz CT molecular complexity index is 1330. The van der Waals surface area contributed by atoms with E-state index in [1.54, 1.807) is 21.6 Å². The Kier molecular flexibility index (Phi) is 4.46. The molecule has 1 saturated carbocycles. The highest BCUT2D eigenvalue weighted by Gasteiger charge is 2.56. The molecule has 1 aliphatic heterocycles. The van der Waals surface area contributed by atoms with Crippen molar-refractivity contribution in [3.05, 3.63) is 36.4 Å². The van der Waals surface area contributed by atoms with Gasteiger partial charge in [0, 0.05) is 37.1 Å². The third kappa shape index (κ3) is 3.38. The Hall–Kier alpha value is -3.94. The van der Waals surface area contributed by atoms with E-state index in [0.717, 1.165) is 11.1 Å². The van der Waals surface area contributed by atoms with Gasteiger partial charge in [0.2, 0.25) is 5.91 Å². The van der Waals surface area contributed by atoms with Gasteiger partial charge in [-0.3, -0.25) is 14.3 Å². The Balaban J connectivity index is 1.51. The van der Waals surface area contributed by atoms with Crippen molar-refractivity contribution in [2.24, 2.45) is 18.2 Å². The SMILES string of the molecule is Cn1cc(-c2cc3c(NC4CN(C(=O)C5(C#N)CC5)CC4(C)F)c(C(N)=O)cnn3c2)cn1. The molecule has 0 bridgehead atoms. The van der Waals surface area contributed by atoms with Crippen LogP contribution >= 0.6 is 0 Å². The lowest BCUT2D eigenvalue weighted by Crippen LogP contribution is -2.40. The molecule has 3 aromatic heterocycles. The molecule has 2 fully saturated rings. The predicted octanol–water partition coefficient (Wildman–Crippen LogP) is 1.49. The van der Waals surface area contributed by atoms with Gasteiger partial charge in [0.1, 0.15) is 11.1 Å². The van der Waals surface area contributed by atoms with Crippen molar-refractivity contribution in [2.45, 2.75) is 31.5 Å². The molecule has 170 valence electrons. The Labute approximate surface area is 188 Å². The maximum atomic E-state index is 15.6. The number of nitriles is 1. The fraction of sp³-hybridized carbons (Fsp3) is 0.409. The summed E-state index contributed by atoms with van der Waals surface area (Å²) < 4.78 is 18.9. The van der Waals surface area contributed by atoms with E-state index in [0.29, 0.717) is 24.0 Å². The zero-order valence-corrected chi connectivity index (χ0v) is 18.2. The van der Waals surface area contributed by atoms with Crippen LogP contribution in [0.3, 0.4) is 0 Å². The number of nitrogens with two attached hydrogens (primary N) is 1. The van der Waals surface area contributed by atoms with Crippen molar-refractivity contribution in [3.8, 4) is 17.2 Å². The van der Waals surface area contributed by atoms with Crippen LogP contribution < -0.4 is 11.1 Å². The summed E-state index contributed by atoms with van der Waals surface area (Å²) in [6.07, 6.45) is 7.67. The highest BCUT2D eigenvalue weighted by atomic mass is 19.1. The third-order valence-electron chi connectivity index (χ3n) is 6.55. The number of likely N-dealkylation sites (tertiary alicyclic amines) is 1. The average molecular weight is 450 g/mol. The minimum Gasteiger partial charge on any atom is -0.375 e. The first kappa shape index (κ1) is 20.9. The molecule has 0 spiro atoms. The average Bonchev–Trinajstić information content (AvgIpc) is 3.08. The minimum atomic E-state index is -1.78. The fourth-order valence-electron chi connectivity index (χ4n) is 4.41. The van der Waals surface area contributed by atoms with Crippen molar-refractivity contribution < 1.29 is 14.0 Å². The topological polar surface area (TPSA) is 134 Å². The van der Waals surface area contributed by atoms with Crippen molar-refractivity contribution in [1.82, 2.24) is 24.3 Å². The van der Waals surface area contributed by atoms with E-state index in [1.165, 1.54) is 18.0 Å². The summed E-state index contributed by atoms with van der Waals surface area (Å²) in [6, 6.07) is 3.09. The number of halogens is 1. The molecular formula is C22H23FN8O2. The molecule has 10 nitrogen and oxygen atoms in total. The van der Waals surface area contributed by atoms with Gasteiger partial charge in [-0.15, -0.1) is 0 Å². The second kappa shape index (κ2) is 7.03. The normalized spacial score (nSPS) is 23.5. The lowest BCUT2D eigenvalue weighted by atomic mass is 10.0. The lowest BCUT2D eigenvalue weighted by molar-refractivity contribution is -0.134. The van der Waals surface area contributed by atoms with Crippen molar-refractivity contribution >= 4 is 23.0 Å². The number of nitrogens with zero attached hydrogens (tertiary/aromatic N) is 6. The summed E-state index contributed by atoms with van der Waals surface area (Å²) in [5.74, 6) is -1.04. The van der Waals surface area contributed by atoms with E-state index < -0.39 is 23.0 Å². The Morgan fingerprint density at radius 3 is 2.64 bits per heavy atom. The molecule has 5 rings (SSSR count). The van der Waals surface area contributed by atoms with Crippen LogP contribution in [0.15, 0.2) is 30.9 Å². The quantitative estimate of drug-likeness (QED) is 0.605. The van der Waals surface area contributed by atoms with Gasteiger partial charge in [-0.1, -0.05) is 0 Å².